The zero-order valence-electron chi connectivity index (χ0n) is 17.9. The normalized spacial score (nSPS) is 14.0. The highest BCUT2D eigenvalue weighted by Gasteiger charge is 2.18. The van der Waals surface area contributed by atoms with Crippen LogP contribution in [0.3, 0.4) is 0 Å². The van der Waals surface area contributed by atoms with Gasteiger partial charge in [-0.25, -0.2) is 4.79 Å². The first-order valence-electron chi connectivity index (χ1n) is 10.6. The summed E-state index contributed by atoms with van der Waals surface area (Å²) in [4.78, 5) is 24.7. The Hall–Kier alpha value is -2.93. The van der Waals surface area contributed by atoms with E-state index in [0.717, 1.165) is 25.7 Å². The second kappa shape index (κ2) is 10.9. The van der Waals surface area contributed by atoms with Crippen molar-refractivity contribution in [2.24, 2.45) is 0 Å². The summed E-state index contributed by atoms with van der Waals surface area (Å²) >= 11 is 5.23. The Morgan fingerprint density at radius 3 is 2.16 bits per heavy atom. The predicted octanol–water partition coefficient (Wildman–Crippen LogP) is 5.09. The Balaban J connectivity index is 1.49. The lowest BCUT2D eigenvalue weighted by atomic mass is 9.98. The van der Waals surface area contributed by atoms with E-state index in [-0.39, 0.29) is 29.2 Å². The van der Waals surface area contributed by atoms with Crippen LogP contribution < -0.4 is 15.4 Å². The van der Waals surface area contributed by atoms with E-state index < -0.39 is 0 Å². The number of ether oxygens (including phenoxy) is 2. The fourth-order valence-electron chi connectivity index (χ4n) is 3.39. The number of rotatable bonds is 6. The first-order chi connectivity index (χ1) is 14.9. The van der Waals surface area contributed by atoms with E-state index >= 15 is 0 Å². The molecule has 2 aromatic rings. The maximum atomic E-state index is 12.4. The zero-order chi connectivity index (χ0) is 22.2. The van der Waals surface area contributed by atoms with Crippen LogP contribution in [0.25, 0.3) is 0 Å². The number of carbonyl (C=O) groups is 2. The summed E-state index contributed by atoms with van der Waals surface area (Å²) in [5, 5.41) is 5.77. The number of thiocarbonyl (C=S) groups is 1. The van der Waals surface area contributed by atoms with Gasteiger partial charge in [0.1, 0.15) is 11.9 Å². The van der Waals surface area contributed by atoms with Crippen molar-refractivity contribution in [1.82, 2.24) is 5.32 Å². The number of carbonyl (C=O) groups excluding carboxylic acids is 2. The number of esters is 1. The van der Waals surface area contributed by atoms with Gasteiger partial charge in [0.2, 0.25) is 0 Å². The topological polar surface area (TPSA) is 76.7 Å². The van der Waals surface area contributed by atoms with Crippen molar-refractivity contribution in [3.05, 3.63) is 59.7 Å². The van der Waals surface area contributed by atoms with Gasteiger partial charge >= 0.3 is 5.97 Å². The quantitative estimate of drug-likeness (QED) is 0.481. The van der Waals surface area contributed by atoms with Gasteiger partial charge in [0.25, 0.3) is 5.91 Å². The van der Waals surface area contributed by atoms with E-state index in [9.17, 15) is 9.59 Å². The van der Waals surface area contributed by atoms with Gasteiger partial charge in [-0.3, -0.25) is 10.1 Å². The molecule has 0 radical (unpaired) electrons. The fourth-order valence-corrected chi connectivity index (χ4v) is 3.60. The third-order valence-corrected chi connectivity index (χ3v) is 5.12. The molecular formula is C24H28N2O4S. The average Bonchev–Trinajstić information content (AvgIpc) is 2.75. The van der Waals surface area contributed by atoms with Crippen LogP contribution in [0.5, 0.6) is 5.75 Å². The molecule has 7 heteroatoms. The molecule has 1 aliphatic rings. The van der Waals surface area contributed by atoms with Crippen molar-refractivity contribution in [2.45, 2.75) is 58.2 Å². The number of hydrogen-bond acceptors (Lipinski definition) is 5. The number of nitrogens with one attached hydrogen (secondary N) is 2. The number of benzene rings is 2. The molecule has 6 nitrogen and oxygen atoms in total. The van der Waals surface area contributed by atoms with Crippen molar-refractivity contribution in [3.63, 3.8) is 0 Å². The van der Waals surface area contributed by atoms with Crippen LogP contribution in [0.15, 0.2) is 48.5 Å². The second-order valence-electron chi connectivity index (χ2n) is 7.84. The first kappa shape index (κ1) is 22.7. The highest BCUT2D eigenvalue weighted by molar-refractivity contribution is 7.80. The Kier molecular flexibility index (Phi) is 8.00. The van der Waals surface area contributed by atoms with E-state index in [1.165, 1.54) is 6.42 Å². The molecule has 0 saturated heterocycles. The van der Waals surface area contributed by atoms with Crippen LogP contribution in [-0.4, -0.2) is 29.2 Å². The van der Waals surface area contributed by atoms with Gasteiger partial charge in [-0.1, -0.05) is 6.42 Å². The minimum atomic E-state index is -0.318. The lowest BCUT2D eigenvalue weighted by Crippen LogP contribution is -2.34. The standard InChI is InChI=1S/C24H28N2O4S/c1-16(2)29-21-14-10-17(11-15-21)22(27)26-24(31)25-19-12-8-18(9-13-19)23(28)30-20-6-4-3-5-7-20/h8-16,20H,3-7H2,1-2H3,(H2,25,26,27,31). The molecule has 0 atom stereocenters. The van der Waals surface area contributed by atoms with E-state index in [4.69, 9.17) is 21.7 Å². The summed E-state index contributed by atoms with van der Waals surface area (Å²) in [6, 6.07) is 13.7. The zero-order valence-corrected chi connectivity index (χ0v) is 18.7. The fraction of sp³-hybridized carbons (Fsp3) is 0.375. The molecule has 0 aliphatic heterocycles. The molecule has 0 spiro atoms. The van der Waals surface area contributed by atoms with Crippen LogP contribution in [0.1, 0.15) is 66.7 Å². The molecule has 2 aromatic carbocycles. The number of anilines is 1. The molecule has 3 rings (SSSR count). The predicted molar refractivity (Wildman–Crippen MR) is 125 cm³/mol. The molecule has 164 valence electrons. The van der Waals surface area contributed by atoms with Crippen molar-refractivity contribution >= 4 is 34.9 Å². The molecule has 2 N–H and O–H groups in total. The summed E-state index contributed by atoms with van der Waals surface area (Å²) in [7, 11) is 0. The van der Waals surface area contributed by atoms with Gasteiger partial charge < -0.3 is 14.8 Å². The molecule has 0 aromatic heterocycles. The summed E-state index contributed by atoms with van der Waals surface area (Å²) in [5.74, 6) is 0.0786. The Labute approximate surface area is 188 Å². The third kappa shape index (κ3) is 7.07. The summed E-state index contributed by atoms with van der Waals surface area (Å²) < 4.78 is 11.2. The lowest BCUT2D eigenvalue weighted by molar-refractivity contribution is 0.0211. The van der Waals surface area contributed by atoms with Gasteiger partial charge in [0, 0.05) is 11.3 Å². The smallest absolute Gasteiger partial charge is 0.338 e. The summed E-state index contributed by atoms with van der Waals surface area (Å²) in [6.45, 7) is 3.88. The SMILES string of the molecule is CC(C)Oc1ccc(C(=O)NC(=S)Nc2ccc(C(=O)OC3CCCCC3)cc2)cc1. The van der Waals surface area contributed by atoms with Gasteiger partial charge in [0.15, 0.2) is 5.11 Å². The number of amides is 1. The van der Waals surface area contributed by atoms with Crippen molar-refractivity contribution in [2.75, 3.05) is 5.32 Å². The van der Waals surface area contributed by atoms with Gasteiger partial charge in [-0.2, -0.15) is 0 Å². The maximum Gasteiger partial charge on any atom is 0.338 e. The first-order valence-corrected chi connectivity index (χ1v) is 11.0. The Bertz CT molecular complexity index is 904. The van der Waals surface area contributed by atoms with Crippen LogP contribution in [0.4, 0.5) is 5.69 Å². The van der Waals surface area contributed by atoms with E-state index in [0.29, 0.717) is 22.6 Å². The molecule has 1 saturated carbocycles. The largest absolute Gasteiger partial charge is 0.491 e. The van der Waals surface area contributed by atoms with Crippen LogP contribution in [-0.2, 0) is 4.74 Å². The molecule has 0 bridgehead atoms. The van der Waals surface area contributed by atoms with E-state index in [2.05, 4.69) is 10.6 Å². The molecular weight excluding hydrogens is 412 g/mol. The second-order valence-corrected chi connectivity index (χ2v) is 8.25. The van der Waals surface area contributed by atoms with E-state index in [1.54, 1.807) is 48.5 Å². The van der Waals surface area contributed by atoms with Crippen LogP contribution in [0.2, 0.25) is 0 Å². The molecule has 1 amide bonds. The van der Waals surface area contributed by atoms with Crippen LogP contribution in [0, 0.1) is 0 Å². The highest BCUT2D eigenvalue weighted by Crippen LogP contribution is 2.22. The molecule has 31 heavy (non-hydrogen) atoms. The highest BCUT2D eigenvalue weighted by atomic mass is 32.1. The van der Waals surface area contributed by atoms with E-state index in [1.807, 2.05) is 13.8 Å². The number of hydrogen-bond donors (Lipinski definition) is 2. The minimum absolute atomic E-state index is 0.0212. The van der Waals surface area contributed by atoms with Crippen LogP contribution >= 0.6 is 12.2 Å². The maximum absolute atomic E-state index is 12.4. The van der Waals surface area contributed by atoms with Gasteiger partial charge in [-0.15, -0.1) is 0 Å². The lowest BCUT2D eigenvalue weighted by Gasteiger charge is -2.21. The minimum Gasteiger partial charge on any atom is -0.491 e. The molecule has 0 unspecified atom stereocenters. The van der Waals surface area contributed by atoms with Gasteiger partial charge in [-0.05, 0) is 100 Å². The Morgan fingerprint density at radius 2 is 1.55 bits per heavy atom. The molecule has 1 fully saturated rings. The third-order valence-electron chi connectivity index (χ3n) is 4.92. The summed E-state index contributed by atoms with van der Waals surface area (Å²) in [5.41, 5.74) is 1.64. The monoisotopic (exact) mass is 440 g/mol. The average molecular weight is 441 g/mol. The van der Waals surface area contributed by atoms with Gasteiger partial charge in [0.05, 0.1) is 11.7 Å². The Morgan fingerprint density at radius 1 is 0.935 bits per heavy atom. The molecule has 1 aliphatic carbocycles. The molecule has 0 heterocycles. The van der Waals surface area contributed by atoms with Crippen molar-refractivity contribution in [1.29, 1.82) is 0 Å². The van der Waals surface area contributed by atoms with Crippen molar-refractivity contribution in [3.8, 4) is 5.75 Å². The van der Waals surface area contributed by atoms with Crippen molar-refractivity contribution < 1.29 is 19.1 Å². The summed E-state index contributed by atoms with van der Waals surface area (Å²) in [6.07, 6.45) is 5.40.